The zero-order chi connectivity index (χ0) is 12.4. The number of aliphatic carboxylic acids is 1. The van der Waals surface area contributed by atoms with Gasteiger partial charge in [-0.2, -0.15) is 0 Å². The summed E-state index contributed by atoms with van der Waals surface area (Å²) in [6, 6.07) is 0. The average molecular weight is 225 g/mol. The molecule has 0 saturated carbocycles. The first-order valence-corrected chi connectivity index (χ1v) is 5.93. The van der Waals surface area contributed by atoms with Crippen LogP contribution in [0.4, 0.5) is 0 Å². The predicted octanol–water partition coefficient (Wildman–Crippen LogP) is 2.70. The van der Waals surface area contributed by atoms with Gasteiger partial charge in [0.15, 0.2) is 0 Å². The van der Waals surface area contributed by atoms with Gasteiger partial charge in [-0.3, -0.25) is 0 Å². The van der Waals surface area contributed by atoms with Crippen molar-refractivity contribution < 1.29 is 9.90 Å². The SMILES string of the molecule is C/C=C/C=C(\CCCN(CC)CC)C(=O)O. The number of hydrogen-bond acceptors (Lipinski definition) is 2. The Bertz CT molecular complexity index is 253. The van der Waals surface area contributed by atoms with E-state index < -0.39 is 5.97 Å². The summed E-state index contributed by atoms with van der Waals surface area (Å²) in [6.07, 6.45) is 6.84. The van der Waals surface area contributed by atoms with Crippen LogP contribution in [-0.4, -0.2) is 35.6 Å². The number of carboxylic acid groups (broad SMARTS) is 1. The molecule has 92 valence electrons. The van der Waals surface area contributed by atoms with Crippen LogP contribution in [-0.2, 0) is 4.79 Å². The van der Waals surface area contributed by atoms with Gasteiger partial charge in [0.25, 0.3) is 0 Å². The van der Waals surface area contributed by atoms with Gasteiger partial charge < -0.3 is 10.0 Å². The lowest BCUT2D eigenvalue weighted by Crippen LogP contribution is -2.24. The van der Waals surface area contributed by atoms with E-state index in [9.17, 15) is 4.79 Å². The Hall–Kier alpha value is -1.09. The Morgan fingerprint density at radius 2 is 1.94 bits per heavy atom. The molecular formula is C13H23NO2. The Labute approximate surface area is 98.5 Å². The first-order chi connectivity index (χ1) is 7.65. The van der Waals surface area contributed by atoms with Gasteiger partial charge in [-0.15, -0.1) is 0 Å². The number of carbonyl (C=O) groups is 1. The Morgan fingerprint density at radius 1 is 1.31 bits per heavy atom. The van der Waals surface area contributed by atoms with Crippen LogP contribution in [0.25, 0.3) is 0 Å². The highest BCUT2D eigenvalue weighted by molar-refractivity contribution is 5.86. The van der Waals surface area contributed by atoms with Gasteiger partial charge in [0.1, 0.15) is 0 Å². The van der Waals surface area contributed by atoms with Crippen molar-refractivity contribution in [2.75, 3.05) is 19.6 Å². The summed E-state index contributed by atoms with van der Waals surface area (Å²) in [4.78, 5) is 13.2. The maximum Gasteiger partial charge on any atom is 0.331 e. The van der Waals surface area contributed by atoms with Crippen molar-refractivity contribution in [3.8, 4) is 0 Å². The number of nitrogens with zero attached hydrogens (tertiary/aromatic N) is 1. The van der Waals surface area contributed by atoms with Gasteiger partial charge in [-0.05, 0) is 39.4 Å². The fraction of sp³-hybridized carbons (Fsp3) is 0.615. The maximum absolute atomic E-state index is 10.9. The molecule has 0 amide bonds. The van der Waals surface area contributed by atoms with Crippen molar-refractivity contribution >= 4 is 5.97 Å². The number of allylic oxidation sites excluding steroid dienone is 3. The van der Waals surface area contributed by atoms with Crippen LogP contribution in [0.15, 0.2) is 23.8 Å². The van der Waals surface area contributed by atoms with Crippen LogP contribution in [0.2, 0.25) is 0 Å². The molecule has 0 aliphatic carbocycles. The molecular weight excluding hydrogens is 202 g/mol. The van der Waals surface area contributed by atoms with E-state index in [2.05, 4.69) is 18.7 Å². The number of rotatable bonds is 8. The zero-order valence-corrected chi connectivity index (χ0v) is 10.6. The Morgan fingerprint density at radius 3 is 2.38 bits per heavy atom. The fourth-order valence-electron chi connectivity index (χ4n) is 1.51. The molecule has 0 rings (SSSR count). The highest BCUT2D eigenvalue weighted by atomic mass is 16.4. The summed E-state index contributed by atoms with van der Waals surface area (Å²) in [5.74, 6) is -0.808. The lowest BCUT2D eigenvalue weighted by molar-refractivity contribution is -0.132. The predicted molar refractivity (Wildman–Crippen MR) is 67.6 cm³/mol. The minimum absolute atomic E-state index is 0.491. The van der Waals surface area contributed by atoms with Crippen LogP contribution in [0.5, 0.6) is 0 Å². The van der Waals surface area contributed by atoms with E-state index in [1.54, 1.807) is 12.2 Å². The molecule has 0 radical (unpaired) electrons. The third-order valence-electron chi connectivity index (χ3n) is 2.58. The van der Waals surface area contributed by atoms with Crippen molar-refractivity contribution in [1.82, 2.24) is 4.90 Å². The second-order valence-electron chi connectivity index (χ2n) is 3.65. The molecule has 0 unspecified atom stereocenters. The fourth-order valence-corrected chi connectivity index (χ4v) is 1.51. The van der Waals surface area contributed by atoms with E-state index in [0.717, 1.165) is 26.1 Å². The summed E-state index contributed by atoms with van der Waals surface area (Å²) in [6.45, 7) is 9.14. The minimum atomic E-state index is -0.808. The first kappa shape index (κ1) is 14.9. The van der Waals surface area contributed by atoms with Crippen molar-refractivity contribution in [3.63, 3.8) is 0 Å². The molecule has 0 aromatic carbocycles. The number of carboxylic acids is 1. The molecule has 3 nitrogen and oxygen atoms in total. The highest BCUT2D eigenvalue weighted by Crippen LogP contribution is 2.07. The molecule has 0 atom stereocenters. The van der Waals surface area contributed by atoms with Crippen LogP contribution in [0.3, 0.4) is 0 Å². The smallest absolute Gasteiger partial charge is 0.331 e. The van der Waals surface area contributed by atoms with Crippen LogP contribution < -0.4 is 0 Å². The monoisotopic (exact) mass is 225 g/mol. The number of hydrogen-bond donors (Lipinski definition) is 1. The van der Waals surface area contributed by atoms with E-state index in [1.807, 2.05) is 13.0 Å². The van der Waals surface area contributed by atoms with Gasteiger partial charge in [-0.1, -0.05) is 32.1 Å². The molecule has 0 heterocycles. The lowest BCUT2D eigenvalue weighted by atomic mass is 10.1. The van der Waals surface area contributed by atoms with Gasteiger partial charge in [0.2, 0.25) is 0 Å². The van der Waals surface area contributed by atoms with Crippen LogP contribution in [0.1, 0.15) is 33.6 Å². The minimum Gasteiger partial charge on any atom is -0.478 e. The molecule has 0 aliphatic heterocycles. The largest absolute Gasteiger partial charge is 0.478 e. The first-order valence-electron chi connectivity index (χ1n) is 5.93. The molecule has 0 aromatic rings. The zero-order valence-electron chi connectivity index (χ0n) is 10.6. The second-order valence-corrected chi connectivity index (χ2v) is 3.65. The molecule has 0 bridgehead atoms. The third-order valence-corrected chi connectivity index (χ3v) is 2.58. The molecule has 0 aromatic heterocycles. The quantitative estimate of drug-likeness (QED) is 0.510. The summed E-state index contributed by atoms with van der Waals surface area (Å²) in [5, 5.41) is 8.96. The summed E-state index contributed by atoms with van der Waals surface area (Å²) < 4.78 is 0. The summed E-state index contributed by atoms with van der Waals surface area (Å²) in [5.41, 5.74) is 0.491. The molecule has 0 saturated heterocycles. The van der Waals surface area contributed by atoms with Crippen molar-refractivity contribution in [1.29, 1.82) is 0 Å². The maximum atomic E-state index is 10.9. The van der Waals surface area contributed by atoms with E-state index in [1.165, 1.54) is 0 Å². The Balaban J connectivity index is 4.08. The molecule has 0 aliphatic rings. The molecule has 0 spiro atoms. The summed E-state index contributed by atoms with van der Waals surface area (Å²) in [7, 11) is 0. The Kier molecular flexibility index (Phi) is 8.53. The van der Waals surface area contributed by atoms with Gasteiger partial charge in [-0.25, -0.2) is 4.79 Å². The van der Waals surface area contributed by atoms with E-state index in [-0.39, 0.29) is 0 Å². The topological polar surface area (TPSA) is 40.5 Å². The van der Waals surface area contributed by atoms with E-state index >= 15 is 0 Å². The molecule has 0 fully saturated rings. The molecule has 1 N–H and O–H groups in total. The standard InChI is InChI=1S/C13H23NO2/c1-4-7-9-12(13(15)16)10-8-11-14(5-2)6-3/h4,7,9H,5-6,8,10-11H2,1-3H3,(H,15,16)/b7-4+,12-9+. The normalized spacial score (nSPS) is 12.6. The molecule has 3 heteroatoms. The lowest BCUT2D eigenvalue weighted by Gasteiger charge is -2.17. The average Bonchev–Trinajstić information content (AvgIpc) is 2.28. The highest BCUT2D eigenvalue weighted by Gasteiger charge is 2.06. The van der Waals surface area contributed by atoms with Crippen molar-refractivity contribution in [2.24, 2.45) is 0 Å². The van der Waals surface area contributed by atoms with Crippen molar-refractivity contribution in [3.05, 3.63) is 23.8 Å². The van der Waals surface area contributed by atoms with Crippen LogP contribution >= 0.6 is 0 Å². The third kappa shape index (κ3) is 6.40. The van der Waals surface area contributed by atoms with Gasteiger partial charge in [0, 0.05) is 5.57 Å². The second kappa shape index (κ2) is 9.16. The van der Waals surface area contributed by atoms with E-state index in [0.29, 0.717) is 12.0 Å². The van der Waals surface area contributed by atoms with Crippen LogP contribution in [0, 0.1) is 0 Å². The summed E-state index contributed by atoms with van der Waals surface area (Å²) >= 11 is 0. The van der Waals surface area contributed by atoms with E-state index in [4.69, 9.17) is 5.11 Å². The van der Waals surface area contributed by atoms with Gasteiger partial charge >= 0.3 is 5.97 Å². The molecule has 16 heavy (non-hydrogen) atoms. The van der Waals surface area contributed by atoms with Crippen molar-refractivity contribution in [2.45, 2.75) is 33.6 Å². The van der Waals surface area contributed by atoms with Gasteiger partial charge in [0.05, 0.1) is 0 Å².